The fourth-order valence-electron chi connectivity index (χ4n) is 3.38. The third kappa shape index (κ3) is 3.90. The first-order chi connectivity index (χ1) is 12.3. The summed E-state index contributed by atoms with van der Waals surface area (Å²) in [5.41, 5.74) is 3.58. The normalized spacial score (nSPS) is 17.7. The van der Waals surface area contributed by atoms with Gasteiger partial charge in [-0.3, -0.25) is 9.52 Å². The molecule has 1 N–H and O–H groups in total. The predicted octanol–water partition coefficient (Wildman–Crippen LogP) is 3.35. The van der Waals surface area contributed by atoms with E-state index in [0.29, 0.717) is 5.69 Å². The van der Waals surface area contributed by atoms with Gasteiger partial charge in [0.2, 0.25) is 15.9 Å². The van der Waals surface area contributed by atoms with Crippen molar-refractivity contribution in [3.8, 4) is 0 Å². The number of nitrogens with zero attached hydrogens (tertiary/aromatic N) is 1. The van der Waals surface area contributed by atoms with Crippen LogP contribution in [0.2, 0.25) is 0 Å². The molecular weight excluding hydrogens is 348 g/mol. The van der Waals surface area contributed by atoms with Gasteiger partial charge in [0, 0.05) is 17.4 Å². The number of fused-ring (bicyclic) bond motifs is 1. The van der Waals surface area contributed by atoms with Crippen molar-refractivity contribution < 1.29 is 13.2 Å². The molecule has 0 spiro atoms. The number of rotatable bonds is 5. The first-order valence-corrected chi connectivity index (χ1v) is 10.4. The van der Waals surface area contributed by atoms with Crippen LogP contribution in [0.3, 0.4) is 0 Å². The lowest BCUT2D eigenvalue weighted by Gasteiger charge is -2.26. The summed E-state index contributed by atoms with van der Waals surface area (Å²) in [7, 11) is -3.61. The summed E-state index contributed by atoms with van der Waals surface area (Å²) in [6.07, 6.45) is 0.795. The van der Waals surface area contributed by atoms with E-state index in [2.05, 4.69) is 4.72 Å². The van der Waals surface area contributed by atoms with Crippen molar-refractivity contribution in [2.75, 3.05) is 15.4 Å². The molecule has 6 heteroatoms. The number of nitrogens with one attached hydrogen (secondary N) is 1. The molecule has 0 fully saturated rings. The molecule has 0 radical (unpaired) electrons. The summed E-state index contributed by atoms with van der Waals surface area (Å²) >= 11 is 0. The minimum Gasteiger partial charge on any atom is -0.309 e. The lowest BCUT2D eigenvalue weighted by atomic mass is 10.1. The molecule has 2 unspecified atom stereocenters. The van der Waals surface area contributed by atoms with Crippen molar-refractivity contribution in [3.63, 3.8) is 0 Å². The molecule has 0 aliphatic carbocycles. The smallest absolute Gasteiger partial charge is 0.233 e. The largest absolute Gasteiger partial charge is 0.309 e. The summed E-state index contributed by atoms with van der Waals surface area (Å²) in [6, 6.07) is 15.0. The van der Waals surface area contributed by atoms with Crippen LogP contribution in [0.5, 0.6) is 0 Å². The van der Waals surface area contributed by atoms with Gasteiger partial charge in [-0.2, -0.15) is 0 Å². The molecule has 2 atom stereocenters. The van der Waals surface area contributed by atoms with Crippen molar-refractivity contribution in [3.05, 3.63) is 59.7 Å². The maximum Gasteiger partial charge on any atom is 0.233 e. The van der Waals surface area contributed by atoms with Crippen molar-refractivity contribution >= 4 is 27.3 Å². The third-order valence-corrected chi connectivity index (χ3v) is 6.15. The van der Waals surface area contributed by atoms with E-state index in [1.165, 1.54) is 0 Å². The zero-order chi connectivity index (χ0) is 18.9. The monoisotopic (exact) mass is 372 g/mol. The Labute approximate surface area is 155 Å². The zero-order valence-electron chi connectivity index (χ0n) is 15.3. The highest BCUT2D eigenvalue weighted by Gasteiger charge is 2.34. The minimum atomic E-state index is -3.61. The lowest BCUT2D eigenvalue weighted by molar-refractivity contribution is -0.121. The standard InChI is InChI=1S/C20H24N2O3S/c1-14-8-10-18(11-9-14)21-26(24,25)13-15(2)20(23)22-16(3)12-17-6-4-5-7-19(17)22/h4-11,15-16,21H,12-13H2,1-3H3. The molecule has 26 heavy (non-hydrogen) atoms. The van der Waals surface area contributed by atoms with Gasteiger partial charge in [0.05, 0.1) is 11.7 Å². The average Bonchev–Trinajstić information content (AvgIpc) is 2.91. The van der Waals surface area contributed by atoms with Gasteiger partial charge in [-0.25, -0.2) is 8.42 Å². The molecular formula is C20H24N2O3S. The van der Waals surface area contributed by atoms with Crippen LogP contribution in [-0.2, 0) is 21.2 Å². The second kappa shape index (κ2) is 7.11. The minimum absolute atomic E-state index is 0.0371. The Morgan fingerprint density at radius 1 is 1.19 bits per heavy atom. The molecule has 0 saturated heterocycles. The number of sulfonamides is 1. The maximum absolute atomic E-state index is 12.9. The van der Waals surface area contributed by atoms with Crippen LogP contribution >= 0.6 is 0 Å². The van der Waals surface area contributed by atoms with Crippen LogP contribution in [0.1, 0.15) is 25.0 Å². The highest BCUT2D eigenvalue weighted by Crippen LogP contribution is 2.33. The number of carbonyl (C=O) groups excluding carboxylic acids is 1. The summed E-state index contributed by atoms with van der Waals surface area (Å²) in [5, 5.41) is 0. The maximum atomic E-state index is 12.9. The Morgan fingerprint density at radius 3 is 2.54 bits per heavy atom. The van der Waals surface area contributed by atoms with Crippen LogP contribution < -0.4 is 9.62 Å². The van der Waals surface area contributed by atoms with E-state index in [9.17, 15) is 13.2 Å². The van der Waals surface area contributed by atoms with Crippen molar-refractivity contribution in [1.82, 2.24) is 0 Å². The van der Waals surface area contributed by atoms with Crippen molar-refractivity contribution in [2.45, 2.75) is 33.2 Å². The second-order valence-electron chi connectivity index (χ2n) is 7.04. The number of hydrogen-bond donors (Lipinski definition) is 1. The van der Waals surface area contributed by atoms with Gasteiger partial charge in [0.1, 0.15) is 0 Å². The third-order valence-electron chi connectivity index (χ3n) is 4.66. The Hall–Kier alpha value is -2.34. The highest BCUT2D eigenvalue weighted by atomic mass is 32.2. The molecule has 1 aliphatic rings. The van der Waals surface area contributed by atoms with Crippen LogP contribution in [0.4, 0.5) is 11.4 Å². The van der Waals surface area contributed by atoms with E-state index >= 15 is 0 Å². The molecule has 138 valence electrons. The van der Waals surface area contributed by atoms with Gasteiger partial charge in [0.15, 0.2) is 0 Å². The zero-order valence-corrected chi connectivity index (χ0v) is 16.1. The SMILES string of the molecule is Cc1ccc(NS(=O)(=O)CC(C)C(=O)N2c3ccccc3CC2C)cc1. The van der Waals surface area contributed by atoms with Crippen LogP contribution in [0, 0.1) is 12.8 Å². The first kappa shape index (κ1) is 18.5. The number of carbonyl (C=O) groups is 1. The summed E-state index contributed by atoms with van der Waals surface area (Å²) in [5.74, 6) is -1.03. The Kier molecular flexibility index (Phi) is 5.05. The number of benzene rings is 2. The first-order valence-electron chi connectivity index (χ1n) is 8.75. The molecule has 1 heterocycles. The summed E-state index contributed by atoms with van der Waals surface area (Å²) in [6.45, 7) is 5.60. The van der Waals surface area contributed by atoms with E-state index in [1.807, 2.05) is 50.2 Å². The van der Waals surface area contributed by atoms with Gasteiger partial charge < -0.3 is 4.90 Å². The van der Waals surface area contributed by atoms with E-state index in [-0.39, 0.29) is 17.7 Å². The van der Waals surface area contributed by atoms with Gasteiger partial charge >= 0.3 is 0 Å². The average molecular weight is 372 g/mol. The quantitative estimate of drug-likeness (QED) is 0.875. The lowest BCUT2D eigenvalue weighted by Crippen LogP contribution is -2.41. The summed E-state index contributed by atoms with van der Waals surface area (Å²) < 4.78 is 27.5. The van der Waals surface area contributed by atoms with E-state index in [1.54, 1.807) is 24.0 Å². The van der Waals surface area contributed by atoms with Crippen molar-refractivity contribution in [1.29, 1.82) is 0 Å². The van der Waals surface area contributed by atoms with Crippen molar-refractivity contribution in [2.24, 2.45) is 5.92 Å². The second-order valence-corrected chi connectivity index (χ2v) is 8.81. The van der Waals surface area contributed by atoms with E-state index in [4.69, 9.17) is 0 Å². The molecule has 0 bridgehead atoms. The number of aryl methyl sites for hydroxylation is 1. The molecule has 0 saturated carbocycles. The molecule has 1 aliphatic heterocycles. The van der Waals surface area contributed by atoms with Crippen LogP contribution in [0.25, 0.3) is 0 Å². The fraction of sp³-hybridized carbons (Fsp3) is 0.350. The van der Waals surface area contributed by atoms with E-state index < -0.39 is 15.9 Å². The number of para-hydroxylation sites is 1. The predicted molar refractivity (Wildman–Crippen MR) is 105 cm³/mol. The molecule has 0 aromatic heterocycles. The topological polar surface area (TPSA) is 66.5 Å². The molecule has 1 amide bonds. The number of anilines is 2. The summed E-state index contributed by atoms with van der Waals surface area (Å²) in [4.78, 5) is 14.7. The molecule has 3 rings (SSSR count). The van der Waals surface area contributed by atoms with Crippen LogP contribution in [-0.4, -0.2) is 26.1 Å². The fourth-order valence-corrected chi connectivity index (χ4v) is 4.76. The van der Waals surface area contributed by atoms with E-state index in [0.717, 1.165) is 23.2 Å². The van der Waals surface area contributed by atoms with Gasteiger partial charge in [-0.15, -0.1) is 0 Å². The Bertz CT molecular complexity index is 907. The number of hydrogen-bond acceptors (Lipinski definition) is 3. The highest BCUT2D eigenvalue weighted by molar-refractivity contribution is 7.92. The Morgan fingerprint density at radius 2 is 1.85 bits per heavy atom. The van der Waals surface area contributed by atoms with Gasteiger partial charge in [0.25, 0.3) is 0 Å². The van der Waals surface area contributed by atoms with Crippen LogP contribution in [0.15, 0.2) is 48.5 Å². The molecule has 5 nitrogen and oxygen atoms in total. The van der Waals surface area contributed by atoms with Gasteiger partial charge in [-0.05, 0) is 44.0 Å². The Balaban J connectivity index is 1.72. The molecule has 2 aromatic carbocycles. The van der Waals surface area contributed by atoms with Gasteiger partial charge in [-0.1, -0.05) is 42.8 Å². The molecule has 2 aromatic rings. The number of amides is 1.